The van der Waals surface area contributed by atoms with Crippen LogP contribution in [0.25, 0.3) is 0 Å². The standard InChI is InChI=1S/C14H17ClFNO3/c1-9(2)7-17(8-14(19)20)13(18)6-10-11(15)4-3-5-12(10)16/h3-5,9H,6-8H2,1-2H3,(H,19,20). The third kappa shape index (κ3) is 4.81. The lowest BCUT2D eigenvalue weighted by Crippen LogP contribution is -2.39. The van der Waals surface area contributed by atoms with Gasteiger partial charge in [-0.05, 0) is 18.1 Å². The highest BCUT2D eigenvalue weighted by atomic mass is 35.5. The van der Waals surface area contributed by atoms with E-state index < -0.39 is 24.2 Å². The highest BCUT2D eigenvalue weighted by molar-refractivity contribution is 6.31. The van der Waals surface area contributed by atoms with Gasteiger partial charge in [0.15, 0.2) is 0 Å². The molecule has 0 aliphatic carbocycles. The van der Waals surface area contributed by atoms with E-state index in [-0.39, 0.29) is 22.9 Å². The quantitative estimate of drug-likeness (QED) is 0.878. The molecule has 6 heteroatoms. The number of carboxylic acid groups (broad SMARTS) is 1. The molecule has 0 radical (unpaired) electrons. The number of benzene rings is 1. The molecular formula is C14H17ClFNO3. The average molecular weight is 302 g/mol. The summed E-state index contributed by atoms with van der Waals surface area (Å²) in [5, 5.41) is 8.99. The van der Waals surface area contributed by atoms with Gasteiger partial charge < -0.3 is 10.0 Å². The monoisotopic (exact) mass is 301 g/mol. The molecule has 110 valence electrons. The fourth-order valence-corrected chi connectivity index (χ4v) is 2.05. The number of rotatable bonds is 6. The molecule has 1 rings (SSSR count). The Morgan fingerprint density at radius 1 is 1.40 bits per heavy atom. The summed E-state index contributed by atoms with van der Waals surface area (Å²) in [6, 6.07) is 4.17. The summed E-state index contributed by atoms with van der Waals surface area (Å²) >= 11 is 5.86. The van der Waals surface area contributed by atoms with E-state index in [1.807, 2.05) is 13.8 Å². The van der Waals surface area contributed by atoms with Crippen molar-refractivity contribution < 1.29 is 19.1 Å². The summed E-state index contributed by atoms with van der Waals surface area (Å²) in [4.78, 5) is 24.1. The molecule has 0 aliphatic heterocycles. The number of halogens is 2. The van der Waals surface area contributed by atoms with E-state index in [1.54, 1.807) is 0 Å². The second kappa shape index (κ2) is 7.24. The van der Waals surface area contributed by atoms with Crippen LogP contribution in [0, 0.1) is 11.7 Å². The van der Waals surface area contributed by atoms with Gasteiger partial charge in [-0.3, -0.25) is 9.59 Å². The van der Waals surface area contributed by atoms with Gasteiger partial charge in [0.05, 0.1) is 6.42 Å². The van der Waals surface area contributed by atoms with E-state index >= 15 is 0 Å². The highest BCUT2D eigenvalue weighted by Crippen LogP contribution is 2.20. The van der Waals surface area contributed by atoms with Gasteiger partial charge in [-0.15, -0.1) is 0 Å². The second-order valence-electron chi connectivity index (χ2n) is 4.94. The zero-order chi connectivity index (χ0) is 15.3. The predicted octanol–water partition coefficient (Wildman–Crippen LogP) is 2.59. The summed E-state index contributed by atoms with van der Waals surface area (Å²) in [5.41, 5.74) is 0.0957. The van der Waals surface area contributed by atoms with Crippen LogP contribution in [0.2, 0.25) is 5.02 Å². The molecule has 1 aromatic rings. The summed E-state index contributed by atoms with van der Waals surface area (Å²) in [7, 11) is 0. The molecule has 0 unspecified atom stereocenters. The molecule has 0 heterocycles. The summed E-state index contributed by atoms with van der Waals surface area (Å²) < 4.78 is 13.6. The Hall–Kier alpha value is -1.62. The van der Waals surface area contributed by atoms with Gasteiger partial charge in [0, 0.05) is 17.1 Å². The van der Waals surface area contributed by atoms with Gasteiger partial charge in [0.25, 0.3) is 0 Å². The molecule has 0 saturated heterocycles. The van der Waals surface area contributed by atoms with Crippen molar-refractivity contribution in [3.05, 3.63) is 34.6 Å². The number of carboxylic acids is 1. The van der Waals surface area contributed by atoms with E-state index in [4.69, 9.17) is 16.7 Å². The first kappa shape index (κ1) is 16.4. The zero-order valence-electron chi connectivity index (χ0n) is 11.4. The largest absolute Gasteiger partial charge is 0.480 e. The number of amides is 1. The van der Waals surface area contributed by atoms with Crippen LogP contribution in [0.3, 0.4) is 0 Å². The van der Waals surface area contributed by atoms with Crippen molar-refractivity contribution in [1.82, 2.24) is 4.90 Å². The van der Waals surface area contributed by atoms with Crippen LogP contribution >= 0.6 is 11.6 Å². The van der Waals surface area contributed by atoms with Crippen molar-refractivity contribution in [2.75, 3.05) is 13.1 Å². The molecule has 4 nitrogen and oxygen atoms in total. The van der Waals surface area contributed by atoms with Crippen molar-refractivity contribution in [3.63, 3.8) is 0 Å². The lowest BCUT2D eigenvalue weighted by molar-refractivity contribution is -0.144. The normalized spacial score (nSPS) is 10.7. The first-order valence-electron chi connectivity index (χ1n) is 6.23. The topological polar surface area (TPSA) is 57.6 Å². The molecule has 0 fully saturated rings. The molecule has 1 aromatic carbocycles. The SMILES string of the molecule is CC(C)CN(CC(=O)O)C(=O)Cc1c(F)cccc1Cl. The Labute approximate surface area is 122 Å². The van der Waals surface area contributed by atoms with Crippen molar-refractivity contribution in [1.29, 1.82) is 0 Å². The Morgan fingerprint density at radius 2 is 2.05 bits per heavy atom. The lowest BCUT2D eigenvalue weighted by atomic mass is 10.1. The second-order valence-corrected chi connectivity index (χ2v) is 5.35. The fourth-order valence-electron chi connectivity index (χ4n) is 1.82. The number of carbonyl (C=O) groups excluding carboxylic acids is 1. The van der Waals surface area contributed by atoms with Crippen LogP contribution in [0.1, 0.15) is 19.4 Å². The van der Waals surface area contributed by atoms with Crippen molar-refractivity contribution in [3.8, 4) is 0 Å². The molecule has 20 heavy (non-hydrogen) atoms. The third-order valence-corrected chi connectivity index (χ3v) is 3.01. The highest BCUT2D eigenvalue weighted by Gasteiger charge is 2.20. The summed E-state index contributed by atoms with van der Waals surface area (Å²) in [6.45, 7) is 3.65. The first-order valence-corrected chi connectivity index (χ1v) is 6.61. The number of hydrogen-bond donors (Lipinski definition) is 1. The molecule has 1 amide bonds. The maximum atomic E-state index is 13.6. The fraction of sp³-hybridized carbons (Fsp3) is 0.429. The van der Waals surface area contributed by atoms with Crippen LogP contribution in [-0.2, 0) is 16.0 Å². The zero-order valence-corrected chi connectivity index (χ0v) is 12.2. The molecule has 0 saturated carbocycles. The van der Waals surface area contributed by atoms with Gasteiger partial charge >= 0.3 is 5.97 Å². The van der Waals surface area contributed by atoms with E-state index in [1.165, 1.54) is 23.1 Å². The maximum Gasteiger partial charge on any atom is 0.323 e. The number of hydrogen-bond acceptors (Lipinski definition) is 2. The minimum Gasteiger partial charge on any atom is -0.480 e. The van der Waals surface area contributed by atoms with E-state index in [0.717, 1.165) is 0 Å². The summed E-state index contributed by atoms with van der Waals surface area (Å²) in [6.07, 6.45) is -0.245. The van der Waals surface area contributed by atoms with Crippen LogP contribution < -0.4 is 0 Å². The smallest absolute Gasteiger partial charge is 0.323 e. The molecule has 0 aromatic heterocycles. The lowest BCUT2D eigenvalue weighted by Gasteiger charge is -2.23. The minimum atomic E-state index is -1.10. The summed E-state index contributed by atoms with van der Waals surface area (Å²) in [5.74, 6) is -1.99. The number of carbonyl (C=O) groups is 2. The molecule has 0 atom stereocenters. The predicted molar refractivity (Wildman–Crippen MR) is 74.2 cm³/mol. The molecule has 0 spiro atoms. The van der Waals surface area contributed by atoms with Crippen LogP contribution in [0.4, 0.5) is 4.39 Å². The molecule has 0 bridgehead atoms. The number of nitrogens with zero attached hydrogens (tertiary/aromatic N) is 1. The average Bonchev–Trinajstić information content (AvgIpc) is 2.31. The van der Waals surface area contributed by atoms with Crippen molar-refractivity contribution in [2.45, 2.75) is 20.3 Å². The Balaban J connectivity index is 2.87. The van der Waals surface area contributed by atoms with Crippen LogP contribution in [-0.4, -0.2) is 35.0 Å². The number of aliphatic carboxylic acids is 1. The molecular weight excluding hydrogens is 285 g/mol. The maximum absolute atomic E-state index is 13.6. The third-order valence-electron chi connectivity index (χ3n) is 2.65. The van der Waals surface area contributed by atoms with E-state index in [2.05, 4.69) is 0 Å². The Kier molecular flexibility index (Phi) is 5.95. The van der Waals surface area contributed by atoms with Gasteiger partial charge in [-0.1, -0.05) is 31.5 Å². The van der Waals surface area contributed by atoms with Gasteiger partial charge in [0.1, 0.15) is 12.4 Å². The minimum absolute atomic E-state index is 0.0957. The van der Waals surface area contributed by atoms with E-state index in [9.17, 15) is 14.0 Å². The van der Waals surface area contributed by atoms with Crippen LogP contribution in [0.5, 0.6) is 0 Å². The molecule has 0 aliphatic rings. The Morgan fingerprint density at radius 3 is 2.55 bits per heavy atom. The van der Waals surface area contributed by atoms with Gasteiger partial charge in [-0.25, -0.2) is 4.39 Å². The Bertz CT molecular complexity index is 485. The van der Waals surface area contributed by atoms with E-state index in [0.29, 0.717) is 6.54 Å². The van der Waals surface area contributed by atoms with Crippen molar-refractivity contribution in [2.24, 2.45) is 5.92 Å². The van der Waals surface area contributed by atoms with Crippen molar-refractivity contribution >= 4 is 23.5 Å². The van der Waals surface area contributed by atoms with Crippen LogP contribution in [0.15, 0.2) is 18.2 Å². The molecule has 1 N–H and O–H groups in total. The van der Waals surface area contributed by atoms with Gasteiger partial charge in [-0.2, -0.15) is 0 Å². The van der Waals surface area contributed by atoms with Gasteiger partial charge in [0.2, 0.25) is 5.91 Å². The first-order chi connectivity index (χ1) is 9.31.